The van der Waals surface area contributed by atoms with Crippen molar-refractivity contribution < 1.29 is 9.53 Å². The Morgan fingerprint density at radius 3 is 2.67 bits per heavy atom. The Morgan fingerprint density at radius 1 is 1.39 bits per heavy atom. The maximum atomic E-state index is 12.4. The zero-order valence-electron chi connectivity index (χ0n) is 10.6. The Bertz CT molecular complexity index is 470. The molecule has 1 fully saturated rings. The molecule has 0 N–H and O–H groups in total. The Morgan fingerprint density at radius 2 is 2.06 bits per heavy atom. The summed E-state index contributed by atoms with van der Waals surface area (Å²) in [5.74, 6) is -0.604. The zero-order chi connectivity index (χ0) is 13.0. The van der Waals surface area contributed by atoms with Crippen LogP contribution >= 0.6 is 0 Å². The molecule has 1 atom stereocenters. The molecule has 0 radical (unpaired) electrons. The van der Waals surface area contributed by atoms with Gasteiger partial charge >= 0.3 is 0 Å². The van der Waals surface area contributed by atoms with Crippen molar-refractivity contribution in [2.45, 2.75) is 25.7 Å². The lowest BCUT2D eigenvalue weighted by Gasteiger charge is -2.23. The van der Waals surface area contributed by atoms with Crippen LogP contribution in [0.2, 0.25) is 0 Å². The molecule has 3 heteroatoms. The van der Waals surface area contributed by atoms with Crippen LogP contribution < -0.4 is 0 Å². The van der Waals surface area contributed by atoms with Gasteiger partial charge in [-0.3, -0.25) is 4.79 Å². The summed E-state index contributed by atoms with van der Waals surface area (Å²) >= 11 is 0. The van der Waals surface area contributed by atoms with E-state index in [-0.39, 0.29) is 11.7 Å². The molecule has 0 amide bonds. The van der Waals surface area contributed by atoms with Crippen LogP contribution in [-0.2, 0) is 9.53 Å². The van der Waals surface area contributed by atoms with Crippen LogP contribution in [0.1, 0.15) is 29.9 Å². The van der Waals surface area contributed by atoms with Gasteiger partial charge in [-0.05, 0) is 30.9 Å². The fourth-order valence-corrected chi connectivity index (χ4v) is 2.41. The fraction of sp³-hybridized carbons (Fsp3) is 0.467. The molecule has 0 aromatic heterocycles. The molecule has 0 saturated carbocycles. The number of aryl methyl sites for hydroxylation is 1. The molecule has 94 valence electrons. The third-order valence-corrected chi connectivity index (χ3v) is 3.54. The Hall–Kier alpha value is -1.66. The van der Waals surface area contributed by atoms with Crippen LogP contribution in [0.4, 0.5) is 0 Å². The maximum Gasteiger partial charge on any atom is 0.157 e. The van der Waals surface area contributed by atoms with Crippen molar-refractivity contribution in [3.05, 3.63) is 35.4 Å². The van der Waals surface area contributed by atoms with E-state index >= 15 is 0 Å². The third-order valence-electron chi connectivity index (χ3n) is 3.54. The molecular weight excluding hydrogens is 226 g/mol. The number of carbonyl (C=O) groups is 1. The number of ketones is 1. The molecule has 18 heavy (non-hydrogen) atoms. The fourth-order valence-electron chi connectivity index (χ4n) is 2.41. The Labute approximate surface area is 107 Å². The second-order valence-corrected chi connectivity index (χ2v) is 4.71. The van der Waals surface area contributed by atoms with E-state index in [0.29, 0.717) is 13.2 Å². The predicted molar refractivity (Wildman–Crippen MR) is 68.1 cm³/mol. The molecule has 1 aliphatic heterocycles. The molecule has 0 aliphatic carbocycles. The maximum absolute atomic E-state index is 12.4. The molecule has 1 unspecified atom stereocenters. The van der Waals surface area contributed by atoms with Gasteiger partial charge in [0.2, 0.25) is 0 Å². The highest BCUT2D eigenvalue weighted by Crippen LogP contribution is 2.27. The monoisotopic (exact) mass is 243 g/mol. The first-order valence-electron chi connectivity index (χ1n) is 6.30. The molecule has 1 saturated heterocycles. The smallest absolute Gasteiger partial charge is 0.157 e. The van der Waals surface area contributed by atoms with Crippen molar-refractivity contribution in [3.8, 4) is 6.07 Å². The van der Waals surface area contributed by atoms with Gasteiger partial charge in [0.25, 0.3) is 0 Å². The van der Waals surface area contributed by atoms with Crippen LogP contribution in [-0.4, -0.2) is 19.0 Å². The van der Waals surface area contributed by atoms with E-state index < -0.39 is 5.92 Å². The predicted octanol–water partition coefficient (Wildman–Crippen LogP) is 2.60. The summed E-state index contributed by atoms with van der Waals surface area (Å²) < 4.78 is 5.26. The van der Waals surface area contributed by atoms with Crippen molar-refractivity contribution >= 4 is 5.78 Å². The van der Waals surface area contributed by atoms with Crippen molar-refractivity contribution in [1.29, 1.82) is 5.26 Å². The summed E-state index contributed by atoms with van der Waals surface area (Å²) in [7, 11) is 0. The first-order chi connectivity index (χ1) is 8.74. The number of Topliss-reactive ketones (excluding diaryl/α,β-unsaturated/α-hetero) is 1. The lowest BCUT2D eigenvalue weighted by molar-refractivity contribution is -0.126. The van der Waals surface area contributed by atoms with Gasteiger partial charge in [-0.2, -0.15) is 5.26 Å². The summed E-state index contributed by atoms with van der Waals surface area (Å²) in [4.78, 5) is 12.4. The first-order valence-corrected chi connectivity index (χ1v) is 6.30. The number of rotatable bonds is 3. The summed E-state index contributed by atoms with van der Waals surface area (Å²) in [6.07, 6.45) is 1.48. The van der Waals surface area contributed by atoms with E-state index in [2.05, 4.69) is 6.07 Å². The van der Waals surface area contributed by atoms with Crippen molar-refractivity contribution in [3.63, 3.8) is 0 Å². The minimum Gasteiger partial charge on any atom is -0.381 e. The summed E-state index contributed by atoms with van der Waals surface area (Å²) in [6, 6.07) is 9.78. The van der Waals surface area contributed by atoms with E-state index in [1.165, 1.54) is 0 Å². The highest BCUT2D eigenvalue weighted by molar-refractivity contribution is 5.90. The normalized spacial score (nSPS) is 18.0. The quantitative estimate of drug-likeness (QED) is 0.820. The van der Waals surface area contributed by atoms with E-state index in [9.17, 15) is 10.1 Å². The molecule has 3 nitrogen and oxygen atoms in total. The number of hydrogen-bond acceptors (Lipinski definition) is 3. The number of nitriles is 1. The van der Waals surface area contributed by atoms with Gasteiger partial charge in [-0.1, -0.05) is 24.3 Å². The van der Waals surface area contributed by atoms with E-state index in [4.69, 9.17) is 4.74 Å². The number of hydrogen-bond donors (Lipinski definition) is 0. The average Bonchev–Trinajstić information content (AvgIpc) is 2.42. The SMILES string of the molecule is Cc1ccccc1C(C#N)C(=O)C1CCOCC1. The molecule has 1 aromatic carbocycles. The Kier molecular flexibility index (Phi) is 4.11. The number of nitrogens with zero attached hydrogens (tertiary/aromatic N) is 1. The first kappa shape index (κ1) is 12.8. The molecule has 0 bridgehead atoms. The molecule has 1 heterocycles. The second-order valence-electron chi connectivity index (χ2n) is 4.71. The highest BCUT2D eigenvalue weighted by atomic mass is 16.5. The van der Waals surface area contributed by atoms with Gasteiger partial charge in [0.15, 0.2) is 5.78 Å². The molecule has 1 aliphatic rings. The molecule has 1 aromatic rings. The van der Waals surface area contributed by atoms with E-state index in [1.54, 1.807) is 0 Å². The minimum atomic E-state index is -0.630. The van der Waals surface area contributed by atoms with Crippen molar-refractivity contribution in [1.82, 2.24) is 0 Å². The summed E-state index contributed by atoms with van der Waals surface area (Å²) in [5, 5.41) is 9.30. The summed E-state index contributed by atoms with van der Waals surface area (Å²) in [5.41, 5.74) is 1.85. The highest BCUT2D eigenvalue weighted by Gasteiger charge is 2.30. The van der Waals surface area contributed by atoms with Gasteiger partial charge in [0.1, 0.15) is 5.92 Å². The summed E-state index contributed by atoms with van der Waals surface area (Å²) in [6.45, 7) is 3.20. The van der Waals surface area contributed by atoms with Crippen LogP contribution in [0, 0.1) is 24.2 Å². The van der Waals surface area contributed by atoms with E-state index in [1.807, 2.05) is 31.2 Å². The topological polar surface area (TPSA) is 50.1 Å². The number of carbonyl (C=O) groups excluding carboxylic acids is 1. The molecule has 0 spiro atoms. The van der Waals surface area contributed by atoms with Crippen LogP contribution in [0.3, 0.4) is 0 Å². The van der Waals surface area contributed by atoms with Crippen molar-refractivity contribution in [2.24, 2.45) is 5.92 Å². The number of benzene rings is 1. The number of ether oxygens (including phenoxy) is 1. The van der Waals surface area contributed by atoms with Crippen molar-refractivity contribution in [2.75, 3.05) is 13.2 Å². The average molecular weight is 243 g/mol. The zero-order valence-corrected chi connectivity index (χ0v) is 10.6. The lowest BCUT2D eigenvalue weighted by atomic mass is 9.83. The third kappa shape index (κ3) is 2.60. The van der Waals surface area contributed by atoms with Gasteiger partial charge in [-0.25, -0.2) is 0 Å². The van der Waals surface area contributed by atoms with Gasteiger partial charge in [0.05, 0.1) is 6.07 Å². The van der Waals surface area contributed by atoms with Crippen LogP contribution in [0.15, 0.2) is 24.3 Å². The minimum absolute atomic E-state index is 0.0250. The largest absolute Gasteiger partial charge is 0.381 e. The lowest BCUT2D eigenvalue weighted by Crippen LogP contribution is -2.27. The van der Waals surface area contributed by atoms with E-state index in [0.717, 1.165) is 24.0 Å². The standard InChI is InChI=1S/C15H17NO2/c1-11-4-2-3-5-13(11)14(10-16)15(17)12-6-8-18-9-7-12/h2-5,12,14H,6-9H2,1H3. The second kappa shape index (κ2) is 5.79. The molecular formula is C15H17NO2. The van der Waals surface area contributed by atoms with Crippen LogP contribution in [0.25, 0.3) is 0 Å². The van der Waals surface area contributed by atoms with Gasteiger partial charge in [-0.15, -0.1) is 0 Å². The van der Waals surface area contributed by atoms with Gasteiger partial charge in [0, 0.05) is 19.1 Å². The van der Waals surface area contributed by atoms with Crippen LogP contribution in [0.5, 0.6) is 0 Å². The Balaban J connectivity index is 2.21. The van der Waals surface area contributed by atoms with Gasteiger partial charge < -0.3 is 4.74 Å². The molecule has 2 rings (SSSR count).